The summed E-state index contributed by atoms with van der Waals surface area (Å²) >= 11 is 0. The predicted octanol–water partition coefficient (Wildman–Crippen LogP) is 5.15. The number of ketones is 1. The number of benzene rings is 3. The Morgan fingerprint density at radius 3 is 2.65 bits per heavy atom. The maximum absolute atomic E-state index is 14.6. The minimum atomic E-state index is -0.462. The van der Waals surface area contributed by atoms with Gasteiger partial charge in [0.25, 0.3) is 0 Å². The minimum absolute atomic E-state index is 0.00370. The number of carbonyl (C=O) groups is 1. The lowest BCUT2D eigenvalue weighted by molar-refractivity contribution is 0.0939. The Hall–Kier alpha value is -3.98. The van der Waals surface area contributed by atoms with Gasteiger partial charge in [-0.25, -0.2) is 4.39 Å². The van der Waals surface area contributed by atoms with Crippen molar-refractivity contribution in [3.63, 3.8) is 0 Å². The van der Waals surface area contributed by atoms with Crippen LogP contribution >= 0.6 is 0 Å². The molecule has 166 valence electrons. The molecule has 0 saturated carbocycles. The van der Waals surface area contributed by atoms with Gasteiger partial charge in [-0.15, -0.1) is 0 Å². The van der Waals surface area contributed by atoms with E-state index in [0.29, 0.717) is 6.42 Å². The van der Waals surface area contributed by atoms with Crippen molar-refractivity contribution < 1.29 is 9.18 Å². The highest BCUT2D eigenvalue weighted by Crippen LogP contribution is 2.35. The van der Waals surface area contributed by atoms with Gasteiger partial charge in [0.05, 0.1) is 5.56 Å². The third kappa shape index (κ3) is 3.45. The molecule has 0 amide bonds. The van der Waals surface area contributed by atoms with Crippen LogP contribution in [0.5, 0.6) is 0 Å². The zero-order chi connectivity index (χ0) is 23.1. The maximum Gasteiger partial charge on any atom is 0.172 e. The third-order valence-electron chi connectivity index (χ3n) is 7.08. The molecule has 0 bridgehead atoms. The van der Waals surface area contributed by atoms with E-state index in [4.69, 9.17) is 0 Å². The molecule has 3 heteroatoms. The number of Topliss-reactive ketones (excluding diaryl/α,β-unsaturated/α-hetero) is 1. The van der Waals surface area contributed by atoms with Gasteiger partial charge in [0.15, 0.2) is 5.78 Å². The standard InChI is InChI=1S/C31H24FNO/c32-29-11-6-5-10-26(29)31(34)21-18-27-24-14-13-20-8-3-4-9-22(20)23(24)15-16-25(27)28(19-21)30-12-2-1-7-17-33-30/h1-12,14-18,21,28,33H,13,19H2. The molecule has 3 aromatic carbocycles. The summed E-state index contributed by atoms with van der Waals surface area (Å²) in [6.45, 7) is 0. The Morgan fingerprint density at radius 2 is 1.74 bits per heavy atom. The molecule has 3 aliphatic rings. The van der Waals surface area contributed by atoms with E-state index >= 15 is 0 Å². The molecule has 3 aromatic rings. The van der Waals surface area contributed by atoms with Gasteiger partial charge in [-0.2, -0.15) is 0 Å². The number of fused-ring (bicyclic) bond motifs is 5. The molecule has 2 nitrogen and oxygen atoms in total. The van der Waals surface area contributed by atoms with Gasteiger partial charge in [0, 0.05) is 23.7 Å². The first-order valence-electron chi connectivity index (χ1n) is 11.7. The first-order chi connectivity index (χ1) is 16.7. The topological polar surface area (TPSA) is 29.1 Å². The quantitative estimate of drug-likeness (QED) is 0.565. The smallest absolute Gasteiger partial charge is 0.172 e. The van der Waals surface area contributed by atoms with Crippen molar-refractivity contribution in [2.45, 2.75) is 18.8 Å². The van der Waals surface area contributed by atoms with Crippen LogP contribution in [0.3, 0.4) is 0 Å². The molecule has 0 radical (unpaired) electrons. The zero-order valence-corrected chi connectivity index (χ0v) is 18.7. The van der Waals surface area contributed by atoms with Crippen LogP contribution in [0.1, 0.15) is 33.8 Å². The monoisotopic (exact) mass is 445 g/mol. The highest BCUT2D eigenvalue weighted by molar-refractivity contribution is 6.01. The van der Waals surface area contributed by atoms with Gasteiger partial charge < -0.3 is 5.32 Å². The van der Waals surface area contributed by atoms with Crippen molar-refractivity contribution in [3.8, 4) is 11.1 Å². The molecule has 2 unspecified atom stereocenters. The SMILES string of the molecule is O=C(c1ccccc1F)C1C=c2c(ccc3c2=CCc2ccccc2-3)C(C2=CC=CC=CN2)C1. The number of nitrogens with one attached hydrogen (secondary N) is 1. The van der Waals surface area contributed by atoms with Crippen LogP contribution < -0.4 is 15.8 Å². The molecule has 1 heterocycles. The Balaban J connectivity index is 1.56. The maximum atomic E-state index is 14.6. The van der Waals surface area contributed by atoms with Gasteiger partial charge in [0.1, 0.15) is 5.82 Å². The highest BCUT2D eigenvalue weighted by Gasteiger charge is 2.31. The van der Waals surface area contributed by atoms with E-state index in [1.807, 2.05) is 24.4 Å². The van der Waals surface area contributed by atoms with E-state index in [9.17, 15) is 9.18 Å². The first kappa shape index (κ1) is 20.6. The highest BCUT2D eigenvalue weighted by atomic mass is 19.1. The summed E-state index contributed by atoms with van der Waals surface area (Å²) in [7, 11) is 0. The van der Waals surface area contributed by atoms with Crippen molar-refractivity contribution in [3.05, 3.63) is 130 Å². The van der Waals surface area contributed by atoms with Gasteiger partial charge >= 0.3 is 0 Å². The van der Waals surface area contributed by atoms with Crippen LogP contribution in [0.15, 0.2) is 96.9 Å². The summed E-state index contributed by atoms with van der Waals surface area (Å²) < 4.78 is 14.6. The van der Waals surface area contributed by atoms with Crippen molar-refractivity contribution in [1.82, 2.24) is 5.32 Å². The number of carbonyl (C=O) groups excluding carboxylic acids is 1. The lowest BCUT2D eigenvalue weighted by Crippen LogP contribution is -2.40. The number of allylic oxidation sites excluding steroid dienone is 5. The van der Waals surface area contributed by atoms with Gasteiger partial charge in [0.2, 0.25) is 0 Å². The van der Waals surface area contributed by atoms with E-state index in [2.05, 4.69) is 59.9 Å². The Kier molecular flexibility index (Phi) is 5.10. The van der Waals surface area contributed by atoms with Gasteiger partial charge in [-0.1, -0.05) is 72.8 Å². The molecule has 0 fully saturated rings. The molecule has 1 aliphatic heterocycles. The molecule has 0 saturated heterocycles. The zero-order valence-electron chi connectivity index (χ0n) is 18.7. The Bertz CT molecular complexity index is 1530. The molecule has 34 heavy (non-hydrogen) atoms. The summed E-state index contributed by atoms with van der Waals surface area (Å²) in [5.41, 5.74) is 6.15. The number of hydrogen-bond acceptors (Lipinski definition) is 2. The lowest BCUT2D eigenvalue weighted by atomic mass is 9.75. The molecule has 6 rings (SSSR count). The van der Waals surface area contributed by atoms with Gasteiger partial charge in [-0.3, -0.25) is 4.79 Å². The van der Waals surface area contributed by atoms with E-state index in [-0.39, 0.29) is 17.3 Å². The van der Waals surface area contributed by atoms with Crippen LogP contribution in [0.4, 0.5) is 4.39 Å². The van der Waals surface area contributed by atoms with Crippen LogP contribution in [-0.2, 0) is 6.42 Å². The van der Waals surface area contributed by atoms with Gasteiger partial charge in [-0.05, 0) is 69.8 Å². The number of rotatable bonds is 3. The number of halogens is 1. The molecule has 0 aromatic heterocycles. The second-order valence-electron chi connectivity index (χ2n) is 9.01. The second kappa shape index (κ2) is 8.42. The normalized spacial score (nSPS) is 19.9. The molecule has 2 atom stereocenters. The first-order valence-corrected chi connectivity index (χ1v) is 11.7. The minimum Gasteiger partial charge on any atom is -0.364 e. The Morgan fingerprint density at radius 1 is 0.882 bits per heavy atom. The summed E-state index contributed by atoms with van der Waals surface area (Å²) in [5, 5.41) is 5.68. The fourth-order valence-electron chi connectivity index (χ4n) is 5.45. The molecule has 2 aliphatic carbocycles. The predicted molar refractivity (Wildman–Crippen MR) is 135 cm³/mol. The van der Waals surface area contributed by atoms with Crippen molar-refractivity contribution in [1.29, 1.82) is 0 Å². The van der Waals surface area contributed by atoms with E-state index in [1.165, 1.54) is 33.5 Å². The summed E-state index contributed by atoms with van der Waals surface area (Å²) in [4.78, 5) is 13.5. The van der Waals surface area contributed by atoms with Crippen molar-refractivity contribution in [2.75, 3.05) is 0 Å². The molecule has 1 N–H and O–H groups in total. The summed E-state index contributed by atoms with van der Waals surface area (Å²) in [5.74, 6) is -1.03. The van der Waals surface area contributed by atoms with Crippen LogP contribution in [0.2, 0.25) is 0 Å². The second-order valence-corrected chi connectivity index (χ2v) is 9.01. The molecular weight excluding hydrogens is 421 g/mol. The largest absolute Gasteiger partial charge is 0.364 e. The molecule has 0 spiro atoms. The third-order valence-corrected chi connectivity index (χ3v) is 7.08. The lowest BCUT2D eigenvalue weighted by Gasteiger charge is -2.30. The fourth-order valence-corrected chi connectivity index (χ4v) is 5.45. The average Bonchev–Trinajstić information content (AvgIpc) is 3.17. The number of hydrogen-bond donors (Lipinski definition) is 1. The van der Waals surface area contributed by atoms with Crippen molar-refractivity contribution >= 4 is 17.9 Å². The fraction of sp³-hybridized carbons (Fsp3) is 0.129. The van der Waals surface area contributed by atoms with E-state index < -0.39 is 11.7 Å². The van der Waals surface area contributed by atoms with Crippen LogP contribution in [0, 0.1) is 11.7 Å². The molecular formula is C31H24FNO. The average molecular weight is 446 g/mol. The van der Waals surface area contributed by atoms with Crippen molar-refractivity contribution in [2.24, 2.45) is 5.92 Å². The van der Waals surface area contributed by atoms with E-state index in [1.54, 1.807) is 18.2 Å². The van der Waals surface area contributed by atoms with Crippen LogP contribution in [0.25, 0.3) is 23.3 Å². The summed E-state index contributed by atoms with van der Waals surface area (Å²) in [6.07, 6.45) is 15.7. The van der Waals surface area contributed by atoms with E-state index in [0.717, 1.165) is 17.3 Å². The summed E-state index contributed by atoms with van der Waals surface area (Å²) in [6, 6.07) is 19.2. The van der Waals surface area contributed by atoms with Crippen LogP contribution in [-0.4, -0.2) is 5.78 Å². The Labute approximate surface area is 198 Å².